The van der Waals surface area contributed by atoms with Gasteiger partial charge in [0.05, 0.1) is 18.2 Å². The van der Waals surface area contributed by atoms with Crippen molar-refractivity contribution in [2.24, 2.45) is 0 Å². The van der Waals surface area contributed by atoms with E-state index in [0.717, 1.165) is 39.4 Å². The van der Waals surface area contributed by atoms with Crippen molar-refractivity contribution in [1.29, 1.82) is 0 Å². The molecule has 1 unspecified atom stereocenters. The molecule has 0 saturated heterocycles. The first kappa shape index (κ1) is 22.8. The van der Waals surface area contributed by atoms with Crippen molar-refractivity contribution >= 4 is 28.6 Å². The van der Waals surface area contributed by atoms with Gasteiger partial charge in [0.1, 0.15) is 5.75 Å². The molecule has 0 spiro atoms. The Bertz CT molecular complexity index is 1380. The van der Waals surface area contributed by atoms with E-state index in [1.54, 1.807) is 0 Å². The highest BCUT2D eigenvalue weighted by molar-refractivity contribution is 7.80. The summed E-state index contributed by atoms with van der Waals surface area (Å²) >= 11 is 5.85. The lowest BCUT2D eigenvalue weighted by Crippen LogP contribution is -2.46. The molecule has 1 N–H and O–H groups in total. The van der Waals surface area contributed by atoms with Gasteiger partial charge >= 0.3 is 0 Å². The molecule has 0 radical (unpaired) electrons. The third-order valence-corrected chi connectivity index (χ3v) is 6.26. The van der Waals surface area contributed by atoms with Crippen LogP contribution in [-0.2, 0) is 0 Å². The molecule has 3 aromatic carbocycles. The Labute approximate surface area is 210 Å². The van der Waals surface area contributed by atoms with E-state index in [2.05, 4.69) is 29.5 Å². The van der Waals surface area contributed by atoms with E-state index in [9.17, 15) is 0 Å². The Morgan fingerprint density at radius 2 is 1.77 bits per heavy atom. The summed E-state index contributed by atoms with van der Waals surface area (Å²) in [4.78, 5) is 6.80. The summed E-state index contributed by atoms with van der Waals surface area (Å²) in [5.41, 5.74) is 5.85. The molecule has 176 valence electrons. The van der Waals surface area contributed by atoms with Crippen LogP contribution in [0.25, 0.3) is 17.0 Å². The normalized spacial score (nSPS) is 15.8. The van der Waals surface area contributed by atoms with Crippen LogP contribution in [0.4, 0.5) is 5.69 Å². The Balaban J connectivity index is 1.63. The monoisotopic (exact) mass is 482 g/mol. The highest BCUT2D eigenvalue weighted by Crippen LogP contribution is 2.39. The molecule has 7 heteroatoms. The zero-order valence-electron chi connectivity index (χ0n) is 19.9. The summed E-state index contributed by atoms with van der Waals surface area (Å²) < 4.78 is 11.5. The Morgan fingerprint density at radius 1 is 1.00 bits per heavy atom. The maximum Gasteiger partial charge on any atom is 0.258 e. The van der Waals surface area contributed by atoms with Crippen LogP contribution in [0.5, 0.6) is 5.75 Å². The van der Waals surface area contributed by atoms with Gasteiger partial charge in [-0.3, -0.25) is 4.90 Å². The van der Waals surface area contributed by atoms with Gasteiger partial charge in [-0.1, -0.05) is 59.8 Å². The fourth-order valence-electron chi connectivity index (χ4n) is 4.31. The van der Waals surface area contributed by atoms with Crippen LogP contribution in [0.1, 0.15) is 36.9 Å². The molecular weight excluding hydrogens is 456 g/mol. The van der Waals surface area contributed by atoms with Gasteiger partial charge in [-0.15, -0.1) is 0 Å². The first-order valence-corrected chi connectivity index (χ1v) is 12.0. The van der Waals surface area contributed by atoms with Crippen LogP contribution in [0.15, 0.2) is 89.1 Å². The van der Waals surface area contributed by atoms with Crippen molar-refractivity contribution in [1.82, 2.24) is 15.5 Å². The van der Waals surface area contributed by atoms with Crippen molar-refractivity contribution in [2.45, 2.75) is 26.8 Å². The molecule has 35 heavy (non-hydrogen) atoms. The first-order chi connectivity index (χ1) is 17.0. The third kappa shape index (κ3) is 4.55. The van der Waals surface area contributed by atoms with Crippen molar-refractivity contribution in [3.05, 3.63) is 102 Å². The average Bonchev–Trinajstić information content (AvgIpc) is 3.35. The van der Waals surface area contributed by atoms with E-state index < -0.39 is 0 Å². The molecule has 5 rings (SSSR count). The number of hydrogen-bond acceptors (Lipinski definition) is 5. The molecule has 1 aliphatic heterocycles. The zero-order valence-corrected chi connectivity index (χ0v) is 20.7. The van der Waals surface area contributed by atoms with E-state index in [0.29, 0.717) is 23.4 Å². The molecule has 1 aliphatic rings. The minimum absolute atomic E-state index is 0.261. The predicted molar refractivity (Wildman–Crippen MR) is 142 cm³/mol. The fourth-order valence-corrected chi connectivity index (χ4v) is 4.67. The van der Waals surface area contributed by atoms with Gasteiger partial charge in [0.25, 0.3) is 5.89 Å². The topological polar surface area (TPSA) is 63.4 Å². The molecular formula is C28H26N4O2S. The van der Waals surface area contributed by atoms with E-state index in [1.807, 2.05) is 85.5 Å². The van der Waals surface area contributed by atoms with E-state index in [1.165, 1.54) is 0 Å². The summed E-state index contributed by atoms with van der Waals surface area (Å²) in [7, 11) is 0. The van der Waals surface area contributed by atoms with E-state index >= 15 is 0 Å². The van der Waals surface area contributed by atoms with Gasteiger partial charge in [0.2, 0.25) is 5.82 Å². The van der Waals surface area contributed by atoms with Gasteiger partial charge in [0.15, 0.2) is 5.11 Å². The second-order valence-corrected chi connectivity index (χ2v) is 8.73. The number of thiocarbonyl (C=S) groups is 1. The van der Waals surface area contributed by atoms with Crippen molar-refractivity contribution < 1.29 is 9.26 Å². The highest BCUT2D eigenvalue weighted by atomic mass is 32.1. The standard InChI is InChI=1S/C28H26N4O2S/c1-4-33-23-15-13-20(14-16-23)25-24(27-30-26(31-34-27)21-10-6-5-7-11-21)19(3)32(28(35)29-25)22-12-8-9-18(2)17-22/h5-17,25H,4H2,1-3H3,(H,29,35). The number of aryl methyl sites for hydroxylation is 1. The lowest BCUT2D eigenvalue weighted by atomic mass is 9.94. The molecule has 0 fully saturated rings. The summed E-state index contributed by atoms with van der Waals surface area (Å²) in [6.45, 7) is 6.69. The Kier molecular flexibility index (Phi) is 6.33. The van der Waals surface area contributed by atoms with Gasteiger partial charge in [-0.2, -0.15) is 4.98 Å². The smallest absolute Gasteiger partial charge is 0.258 e. The molecule has 6 nitrogen and oxygen atoms in total. The first-order valence-electron chi connectivity index (χ1n) is 11.6. The Hall–Kier alpha value is -3.97. The summed E-state index contributed by atoms with van der Waals surface area (Å²) in [5, 5.41) is 8.39. The van der Waals surface area contributed by atoms with Gasteiger partial charge in [0, 0.05) is 16.9 Å². The van der Waals surface area contributed by atoms with Crippen LogP contribution in [0.3, 0.4) is 0 Å². The number of hydrogen-bond donors (Lipinski definition) is 1. The van der Waals surface area contributed by atoms with E-state index in [-0.39, 0.29) is 6.04 Å². The molecule has 4 aromatic rings. The molecule has 1 atom stereocenters. The predicted octanol–water partition coefficient (Wildman–Crippen LogP) is 6.31. The summed E-state index contributed by atoms with van der Waals surface area (Å²) in [5.74, 6) is 1.82. The highest BCUT2D eigenvalue weighted by Gasteiger charge is 2.34. The van der Waals surface area contributed by atoms with Crippen molar-refractivity contribution in [3.63, 3.8) is 0 Å². The van der Waals surface area contributed by atoms with Crippen LogP contribution in [0.2, 0.25) is 0 Å². The number of nitrogens with zero attached hydrogens (tertiary/aromatic N) is 3. The zero-order chi connectivity index (χ0) is 24.4. The van der Waals surface area contributed by atoms with Crippen LogP contribution in [0, 0.1) is 6.92 Å². The maximum atomic E-state index is 5.85. The molecule has 0 bridgehead atoms. The lowest BCUT2D eigenvalue weighted by molar-refractivity contribution is 0.340. The number of rotatable bonds is 6. The SMILES string of the molecule is CCOc1ccc(C2NC(=S)N(c3cccc(C)c3)C(C)=C2c2nc(-c3ccccc3)no2)cc1. The van der Waals surface area contributed by atoms with Gasteiger partial charge < -0.3 is 14.6 Å². The van der Waals surface area contributed by atoms with Gasteiger partial charge in [-0.05, 0) is 68.4 Å². The maximum absolute atomic E-state index is 5.85. The number of anilines is 1. The molecule has 1 aromatic heterocycles. The molecule has 0 saturated carbocycles. The fraction of sp³-hybridized carbons (Fsp3) is 0.179. The van der Waals surface area contributed by atoms with Crippen LogP contribution in [-0.4, -0.2) is 21.9 Å². The average molecular weight is 483 g/mol. The number of ether oxygens (including phenoxy) is 1. The van der Waals surface area contributed by atoms with E-state index in [4.69, 9.17) is 26.5 Å². The van der Waals surface area contributed by atoms with Crippen LogP contribution < -0.4 is 15.0 Å². The number of benzene rings is 3. The van der Waals surface area contributed by atoms with Gasteiger partial charge in [-0.25, -0.2) is 0 Å². The molecule has 2 heterocycles. The molecule has 0 aliphatic carbocycles. The largest absolute Gasteiger partial charge is 0.494 e. The summed E-state index contributed by atoms with van der Waals surface area (Å²) in [6.07, 6.45) is 0. The second-order valence-electron chi connectivity index (χ2n) is 8.35. The molecule has 0 amide bonds. The number of allylic oxidation sites excluding steroid dienone is 1. The van der Waals surface area contributed by atoms with Crippen molar-refractivity contribution in [3.8, 4) is 17.1 Å². The quantitative estimate of drug-likeness (QED) is 0.323. The second kappa shape index (κ2) is 9.72. The third-order valence-electron chi connectivity index (χ3n) is 5.96. The Morgan fingerprint density at radius 3 is 2.49 bits per heavy atom. The summed E-state index contributed by atoms with van der Waals surface area (Å²) in [6, 6.07) is 25.8. The minimum atomic E-state index is -0.261. The van der Waals surface area contributed by atoms with Crippen molar-refractivity contribution in [2.75, 3.05) is 11.5 Å². The van der Waals surface area contributed by atoms with Crippen LogP contribution >= 0.6 is 12.2 Å². The lowest BCUT2D eigenvalue weighted by Gasteiger charge is -2.37. The number of nitrogens with one attached hydrogen (secondary N) is 1. The minimum Gasteiger partial charge on any atom is -0.494 e. The number of aromatic nitrogens is 2.